The van der Waals surface area contributed by atoms with Gasteiger partial charge in [0.25, 0.3) is 0 Å². The molecule has 2 fully saturated rings. The van der Waals surface area contributed by atoms with E-state index in [9.17, 15) is 24.2 Å². The minimum absolute atomic E-state index is 0.00265. The molecular weight excluding hydrogens is 355 g/mol. The third-order valence-electron chi connectivity index (χ3n) is 5.48. The molecule has 0 aromatic rings. The molecule has 0 spiro atoms. The Kier molecular flexibility index (Phi) is 6.73. The van der Waals surface area contributed by atoms with Crippen molar-refractivity contribution in [3.8, 4) is 0 Å². The molecule has 2 amide bonds. The second-order valence-corrected chi connectivity index (χ2v) is 8.99. The molecule has 0 unspecified atom stereocenters. The van der Waals surface area contributed by atoms with Crippen molar-refractivity contribution in [3.63, 3.8) is 0 Å². The molecule has 7 nitrogen and oxygen atoms in total. The van der Waals surface area contributed by atoms with Crippen LogP contribution in [0.15, 0.2) is 0 Å². The van der Waals surface area contributed by atoms with Crippen LogP contribution in [0.3, 0.4) is 0 Å². The standard InChI is InChI=1S/C19H33FN2O5/c1-17(2,3)27-16(25)21-12-18(20)6-4-14(5-7-18)15(24)22-10-8-19(26,13-23)9-11-22/h14,23,26H,4-13H2,1-3H3,(H,21,25). The molecule has 0 radical (unpaired) electrons. The Morgan fingerprint density at radius 1 is 1.19 bits per heavy atom. The van der Waals surface area contributed by atoms with Gasteiger partial charge in [-0.25, -0.2) is 9.18 Å². The van der Waals surface area contributed by atoms with Crippen LogP contribution in [0.25, 0.3) is 0 Å². The summed E-state index contributed by atoms with van der Waals surface area (Å²) in [7, 11) is 0. The van der Waals surface area contributed by atoms with Crippen molar-refractivity contribution in [1.29, 1.82) is 0 Å². The van der Waals surface area contributed by atoms with E-state index in [0.29, 0.717) is 38.8 Å². The van der Waals surface area contributed by atoms with E-state index in [1.807, 2.05) is 0 Å². The van der Waals surface area contributed by atoms with Crippen LogP contribution in [-0.4, -0.2) is 70.2 Å². The molecule has 0 aromatic heterocycles. The van der Waals surface area contributed by atoms with Gasteiger partial charge in [-0.1, -0.05) is 0 Å². The Balaban J connectivity index is 1.77. The highest BCUT2D eigenvalue weighted by Crippen LogP contribution is 2.36. The first kappa shape index (κ1) is 21.9. The SMILES string of the molecule is CC(C)(C)OC(=O)NCC1(F)CCC(C(=O)N2CCC(O)(CO)CC2)CC1. The van der Waals surface area contributed by atoms with Crippen molar-refractivity contribution >= 4 is 12.0 Å². The summed E-state index contributed by atoms with van der Waals surface area (Å²) in [5.74, 6) is -0.229. The number of rotatable bonds is 4. The summed E-state index contributed by atoms with van der Waals surface area (Å²) in [5.41, 5.74) is -3.24. The Morgan fingerprint density at radius 3 is 2.22 bits per heavy atom. The first-order valence-corrected chi connectivity index (χ1v) is 9.73. The fourth-order valence-electron chi connectivity index (χ4n) is 3.66. The maximum Gasteiger partial charge on any atom is 0.407 e. The van der Waals surface area contributed by atoms with Crippen molar-refractivity contribution in [1.82, 2.24) is 10.2 Å². The van der Waals surface area contributed by atoms with E-state index in [-0.39, 0.29) is 37.8 Å². The number of carbonyl (C=O) groups excluding carboxylic acids is 2. The number of ether oxygens (including phenoxy) is 1. The minimum atomic E-state index is -1.52. The van der Waals surface area contributed by atoms with Crippen molar-refractivity contribution in [2.45, 2.75) is 76.2 Å². The average molecular weight is 388 g/mol. The summed E-state index contributed by atoms with van der Waals surface area (Å²) in [4.78, 5) is 26.1. The van der Waals surface area contributed by atoms with Crippen LogP contribution < -0.4 is 5.32 Å². The van der Waals surface area contributed by atoms with Gasteiger partial charge < -0.3 is 25.2 Å². The zero-order chi connectivity index (χ0) is 20.3. The Labute approximate surface area is 160 Å². The molecule has 156 valence electrons. The van der Waals surface area contributed by atoms with E-state index in [1.54, 1.807) is 25.7 Å². The number of piperidine rings is 1. The number of hydrogen-bond donors (Lipinski definition) is 3. The van der Waals surface area contributed by atoms with Crippen LogP contribution in [0, 0.1) is 5.92 Å². The Bertz CT molecular complexity index is 533. The monoisotopic (exact) mass is 388 g/mol. The predicted molar refractivity (Wildman–Crippen MR) is 97.9 cm³/mol. The number of nitrogens with zero attached hydrogens (tertiary/aromatic N) is 1. The summed E-state index contributed by atoms with van der Waals surface area (Å²) < 4.78 is 20.1. The van der Waals surface area contributed by atoms with E-state index in [4.69, 9.17) is 4.74 Å². The van der Waals surface area contributed by atoms with E-state index in [2.05, 4.69) is 5.32 Å². The van der Waals surface area contributed by atoms with Crippen molar-refractivity contribution in [2.24, 2.45) is 5.92 Å². The molecule has 2 rings (SSSR count). The number of likely N-dealkylation sites (tertiary alicyclic amines) is 1. The number of carbonyl (C=O) groups is 2. The maximum atomic E-state index is 14.9. The topological polar surface area (TPSA) is 99.1 Å². The second kappa shape index (κ2) is 8.31. The summed E-state index contributed by atoms with van der Waals surface area (Å²) >= 11 is 0. The van der Waals surface area contributed by atoms with Gasteiger partial charge in [-0.3, -0.25) is 4.79 Å². The fourth-order valence-corrected chi connectivity index (χ4v) is 3.66. The lowest BCUT2D eigenvalue weighted by atomic mass is 9.79. The number of hydrogen-bond acceptors (Lipinski definition) is 5. The molecule has 1 saturated carbocycles. The highest BCUT2D eigenvalue weighted by molar-refractivity contribution is 5.79. The van der Waals surface area contributed by atoms with E-state index < -0.39 is 23.0 Å². The van der Waals surface area contributed by atoms with Crippen LogP contribution in [0.2, 0.25) is 0 Å². The molecule has 1 aliphatic heterocycles. The van der Waals surface area contributed by atoms with Gasteiger partial charge in [0.15, 0.2) is 0 Å². The molecule has 1 saturated heterocycles. The van der Waals surface area contributed by atoms with Gasteiger partial charge in [0, 0.05) is 19.0 Å². The van der Waals surface area contributed by atoms with Gasteiger partial charge in [0.1, 0.15) is 11.3 Å². The molecule has 2 aliphatic rings. The number of amides is 2. The molecule has 27 heavy (non-hydrogen) atoms. The van der Waals surface area contributed by atoms with Gasteiger partial charge >= 0.3 is 6.09 Å². The van der Waals surface area contributed by atoms with Gasteiger partial charge in [-0.15, -0.1) is 0 Å². The summed E-state index contributed by atoms with van der Waals surface area (Å²) in [6.45, 7) is 5.65. The Hall–Kier alpha value is -1.41. The molecule has 0 aromatic carbocycles. The number of halogens is 1. The highest BCUT2D eigenvalue weighted by atomic mass is 19.1. The quantitative estimate of drug-likeness (QED) is 0.682. The predicted octanol–water partition coefficient (Wildman–Crippen LogP) is 1.76. The lowest BCUT2D eigenvalue weighted by molar-refractivity contribution is -0.143. The first-order chi connectivity index (χ1) is 12.5. The number of alkyl carbamates (subject to hydrolysis) is 1. The maximum absolute atomic E-state index is 14.9. The smallest absolute Gasteiger partial charge is 0.407 e. The zero-order valence-corrected chi connectivity index (χ0v) is 16.6. The fraction of sp³-hybridized carbons (Fsp3) is 0.895. The largest absolute Gasteiger partial charge is 0.444 e. The number of aliphatic hydroxyl groups is 2. The van der Waals surface area contributed by atoms with Crippen molar-refractivity contribution in [2.75, 3.05) is 26.2 Å². The van der Waals surface area contributed by atoms with Gasteiger partial charge in [-0.05, 0) is 59.3 Å². The molecule has 1 aliphatic carbocycles. The van der Waals surface area contributed by atoms with Gasteiger partial charge in [-0.2, -0.15) is 0 Å². The molecular formula is C19H33FN2O5. The summed E-state index contributed by atoms with van der Waals surface area (Å²) in [5, 5.41) is 21.7. The number of alkyl halides is 1. The van der Waals surface area contributed by atoms with Crippen molar-refractivity contribution in [3.05, 3.63) is 0 Å². The van der Waals surface area contributed by atoms with Crippen LogP contribution in [0.5, 0.6) is 0 Å². The molecule has 0 atom stereocenters. The van der Waals surface area contributed by atoms with E-state index >= 15 is 0 Å². The van der Waals surface area contributed by atoms with E-state index in [0.717, 1.165) is 0 Å². The molecule has 0 bridgehead atoms. The van der Waals surface area contributed by atoms with Crippen LogP contribution in [-0.2, 0) is 9.53 Å². The number of nitrogens with one attached hydrogen (secondary N) is 1. The Morgan fingerprint density at radius 2 is 1.74 bits per heavy atom. The van der Waals surface area contributed by atoms with Crippen molar-refractivity contribution < 1.29 is 28.9 Å². The highest BCUT2D eigenvalue weighted by Gasteiger charge is 2.41. The van der Waals surface area contributed by atoms with Gasteiger partial charge in [0.05, 0.1) is 18.8 Å². The lowest BCUT2D eigenvalue weighted by Crippen LogP contribution is -2.51. The average Bonchev–Trinajstić information content (AvgIpc) is 2.59. The first-order valence-electron chi connectivity index (χ1n) is 9.73. The second-order valence-electron chi connectivity index (χ2n) is 8.99. The summed E-state index contributed by atoms with van der Waals surface area (Å²) in [6.07, 6.45) is 1.38. The molecule has 3 N–H and O–H groups in total. The van der Waals surface area contributed by atoms with Gasteiger partial charge in [0.2, 0.25) is 5.91 Å². The summed E-state index contributed by atoms with van der Waals surface area (Å²) in [6, 6.07) is 0. The third kappa shape index (κ3) is 6.31. The zero-order valence-electron chi connectivity index (χ0n) is 16.6. The molecule has 1 heterocycles. The van der Waals surface area contributed by atoms with E-state index in [1.165, 1.54) is 0 Å². The molecule has 8 heteroatoms. The minimum Gasteiger partial charge on any atom is -0.444 e. The number of aliphatic hydroxyl groups excluding tert-OH is 1. The third-order valence-corrected chi connectivity index (χ3v) is 5.48. The van der Waals surface area contributed by atoms with Crippen LogP contribution >= 0.6 is 0 Å². The van der Waals surface area contributed by atoms with Crippen LogP contribution in [0.4, 0.5) is 9.18 Å². The lowest BCUT2D eigenvalue weighted by Gasteiger charge is -2.40. The normalized spacial score (nSPS) is 28.5. The van der Waals surface area contributed by atoms with Crippen LogP contribution in [0.1, 0.15) is 59.3 Å².